The number of hydrogen-bond acceptors (Lipinski definition) is 6. The number of nitrogens with zero attached hydrogens (tertiary/aromatic N) is 3. The minimum Gasteiger partial charge on any atom is -0.486 e. The number of fused-ring (bicyclic) bond motifs is 1. The first-order valence-corrected chi connectivity index (χ1v) is 8.27. The highest BCUT2D eigenvalue weighted by molar-refractivity contribution is 6.16. The fraction of sp³-hybridized carbons (Fsp3) is 0.158. The van der Waals surface area contributed by atoms with Crippen LogP contribution < -0.4 is 4.74 Å². The predicted octanol–water partition coefficient (Wildman–Crippen LogP) is 3.32. The monoisotopic (exact) mass is 348 g/mol. The molecule has 0 fully saturated rings. The van der Waals surface area contributed by atoms with Crippen molar-refractivity contribution in [1.82, 2.24) is 20.6 Å². The molecule has 0 radical (unpaired) electrons. The van der Waals surface area contributed by atoms with Gasteiger partial charge in [-0.05, 0) is 40.8 Å². The number of tetrazole rings is 1. The number of carbonyl (C=O) groups excluding carboxylic acids is 1. The van der Waals surface area contributed by atoms with Crippen LogP contribution in [0.3, 0.4) is 0 Å². The molecule has 4 aromatic rings. The molecule has 0 saturated heterocycles. The van der Waals surface area contributed by atoms with Crippen molar-refractivity contribution in [3.05, 3.63) is 71.2 Å². The predicted molar refractivity (Wildman–Crippen MR) is 94.0 cm³/mol. The Morgan fingerprint density at radius 1 is 1.15 bits per heavy atom. The number of rotatable bonds is 6. The maximum Gasteiger partial charge on any atom is 0.197 e. The molecule has 7 nitrogen and oxygen atoms in total. The van der Waals surface area contributed by atoms with Crippen molar-refractivity contribution in [2.75, 3.05) is 0 Å². The third-order valence-corrected chi connectivity index (χ3v) is 4.10. The summed E-state index contributed by atoms with van der Waals surface area (Å²) in [5.41, 5.74) is 1.94. The van der Waals surface area contributed by atoms with E-state index in [1.165, 1.54) is 0 Å². The Balaban J connectivity index is 1.59. The molecule has 2 aromatic carbocycles. The van der Waals surface area contributed by atoms with Gasteiger partial charge in [0, 0.05) is 17.4 Å². The average molecular weight is 348 g/mol. The van der Waals surface area contributed by atoms with Gasteiger partial charge in [0.05, 0.1) is 5.56 Å². The van der Waals surface area contributed by atoms with E-state index in [1.54, 1.807) is 24.3 Å². The minimum atomic E-state index is -0.0576. The second-order valence-electron chi connectivity index (χ2n) is 5.74. The lowest BCUT2D eigenvalue weighted by molar-refractivity contribution is 0.103. The molecule has 1 N–H and O–H groups in total. The molecular formula is C19H16N4O3. The van der Waals surface area contributed by atoms with E-state index in [-0.39, 0.29) is 12.4 Å². The maximum absolute atomic E-state index is 13.0. The van der Waals surface area contributed by atoms with Gasteiger partial charge < -0.3 is 9.15 Å². The summed E-state index contributed by atoms with van der Waals surface area (Å²) in [4.78, 5) is 13.0. The minimum absolute atomic E-state index is 0.0576. The summed E-state index contributed by atoms with van der Waals surface area (Å²) < 4.78 is 11.4. The van der Waals surface area contributed by atoms with Crippen molar-refractivity contribution in [2.45, 2.75) is 20.0 Å². The molecule has 0 saturated carbocycles. The molecule has 0 aliphatic rings. The van der Waals surface area contributed by atoms with Crippen LogP contribution in [0, 0.1) is 0 Å². The maximum atomic E-state index is 13.0. The van der Waals surface area contributed by atoms with Crippen LogP contribution in [0.1, 0.15) is 34.4 Å². The zero-order valence-electron chi connectivity index (χ0n) is 14.1. The summed E-state index contributed by atoms with van der Waals surface area (Å²) in [6.45, 7) is 2.20. The van der Waals surface area contributed by atoms with Crippen LogP contribution in [0.5, 0.6) is 5.75 Å². The van der Waals surface area contributed by atoms with E-state index in [0.29, 0.717) is 34.9 Å². The van der Waals surface area contributed by atoms with Gasteiger partial charge in [-0.15, -0.1) is 5.10 Å². The van der Waals surface area contributed by atoms with Crippen molar-refractivity contribution in [2.24, 2.45) is 0 Å². The average Bonchev–Trinajstić information content (AvgIpc) is 3.33. The van der Waals surface area contributed by atoms with E-state index in [0.717, 1.165) is 11.0 Å². The topological polar surface area (TPSA) is 93.9 Å². The number of hydrogen-bond donors (Lipinski definition) is 1. The number of carbonyl (C=O) groups is 1. The quantitative estimate of drug-likeness (QED) is 0.537. The van der Waals surface area contributed by atoms with Crippen LogP contribution in [0.2, 0.25) is 0 Å². The van der Waals surface area contributed by atoms with Gasteiger partial charge in [0.1, 0.15) is 23.7 Å². The molecule has 26 heavy (non-hydrogen) atoms. The lowest BCUT2D eigenvalue weighted by Crippen LogP contribution is -2.04. The van der Waals surface area contributed by atoms with Crippen LogP contribution in [0.25, 0.3) is 11.0 Å². The summed E-state index contributed by atoms with van der Waals surface area (Å²) in [5.74, 6) is 1.81. The van der Waals surface area contributed by atoms with Crippen LogP contribution in [-0.2, 0) is 13.0 Å². The zero-order chi connectivity index (χ0) is 17.9. The number of aromatic amines is 1. The Kier molecular flexibility index (Phi) is 4.18. The second-order valence-corrected chi connectivity index (χ2v) is 5.74. The Hall–Kier alpha value is -3.48. The smallest absolute Gasteiger partial charge is 0.197 e. The summed E-state index contributed by atoms with van der Waals surface area (Å²) >= 11 is 0. The van der Waals surface area contributed by atoms with Crippen LogP contribution in [-0.4, -0.2) is 26.4 Å². The number of H-pyrrole nitrogens is 1. The van der Waals surface area contributed by atoms with Crippen molar-refractivity contribution in [1.29, 1.82) is 0 Å². The highest BCUT2D eigenvalue weighted by atomic mass is 16.5. The standard InChI is InChI=1S/C19H16N4O3/c1-2-15-18(14-5-3-4-6-16(14)26-15)19(24)12-7-9-13(10-8-12)25-11-17-20-22-23-21-17/h3-10H,2,11H2,1H3,(H,20,21,22,23). The molecule has 0 aliphatic carbocycles. The Bertz CT molecular complexity index is 1040. The van der Waals surface area contributed by atoms with Crippen molar-refractivity contribution >= 4 is 16.8 Å². The third-order valence-electron chi connectivity index (χ3n) is 4.10. The third kappa shape index (κ3) is 2.95. The number of para-hydroxylation sites is 1. The number of nitrogens with one attached hydrogen (secondary N) is 1. The first-order chi connectivity index (χ1) is 12.8. The van der Waals surface area contributed by atoms with Gasteiger partial charge >= 0.3 is 0 Å². The van der Waals surface area contributed by atoms with E-state index in [9.17, 15) is 4.79 Å². The summed E-state index contributed by atoms with van der Waals surface area (Å²) in [5, 5.41) is 14.2. The molecular weight excluding hydrogens is 332 g/mol. The molecule has 0 bridgehead atoms. The molecule has 130 valence electrons. The molecule has 4 rings (SSSR count). The van der Waals surface area contributed by atoms with E-state index < -0.39 is 0 Å². The highest BCUT2D eigenvalue weighted by Crippen LogP contribution is 2.29. The van der Waals surface area contributed by atoms with Gasteiger partial charge in [0.2, 0.25) is 0 Å². The fourth-order valence-electron chi connectivity index (χ4n) is 2.83. The van der Waals surface area contributed by atoms with E-state index in [2.05, 4.69) is 20.6 Å². The largest absolute Gasteiger partial charge is 0.486 e. The molecule has 0 atom stereocenters. The Morgan fingerprint density at radius 2 is 1.96 bits per heavy atom. The van der Waals surface area contributed by atoms with E-state index >= 15 is 0 Å². The number of aryl methyl sites for hydroxylation is 1. The van der Waals surface area contributed by atoms with Gasteiger partial charge in [-0.1, -0.05) is 25.1 Å². The Morgan fingerprint density at radius 3 is 2.69 bits per heavy atom. The number of ketones is 1. The Labute approximate surface area is 149 Å². The van der Waals surface area contributed by atoms with Crippen LogP contribution >= 0.6 is 0 Å². The number of furan rings is 1. The van der Waals surface area contributed by atoms with Crippen LogP contribution in [0.4, 0.5) is 0 Å². The van der Waals surface area contributed by atoms with Crippen molar-refractivity contribution in [3.63, 3.8) is 0 Å². The van der Waals surface area contributed by atoms with Crippen LogP contribution in [0.15, 0.2) is 52.9 Å². The van der Waals surface area contributed by atoms with Gasteiger partial charge in [0.15, 0.2) is 11.6 Å². The first-order valence-electron chi connectivity index (χ1n) is 8.27. The normalized spacial score (nSPS) is 11.0. The zero-order valence-corrected chi connectivity index (χ0v) is 14.1. The van der Waals surface area contributed by atoms with E-state index in [1.807, 2.05) is 31.2 Å². The summed E-state index contributed by atoms with van der Waals surface area (Å²) in [6, 6.07) is 14.6. The highest BCUT2D eigenvalue weighted by Gasteiger charge is 2.20. The first kappa shape index (κ1) is 16.0. The molecule has 2 heterocycles. The number of aromatic nitrogens is 4. The lowest BCUT2D eigenvalue weighted by atomic mass is 9.99. The second kappa shape index (κ2) is 6.79. The fourth-order valence-corrected chi connectivity index (χ4v) is 2.83. The molecule has 7 heteroatoms. The van der Waals surface area contributed by atoms with E-state index in [4.69, 9.17) is 9.15 Å². The van der Waals surface area contributed by atoms with Gasteiger partial charge in [-0.3, -0.25) is 4.79 Å². The summed E-state index contributed by atoms with van der Waals surface area (Å²) in [7, 11) is 0. The molecule has 2 aromatic heterocycles. The van der Waals surface area contributed by atoms with Gasteiger partial charge in [-0.2, -0.15) is 0 Å². The molecule has 0 aliphatic heterocycles. The van der Waals surface area contributed by atoms with Crippen molar-refractivity contribution < 1.29 is 13.9 Å². The number of benzene rings is 2. The number of ether oxygens (including phenoxy) is 1. The molecule has 0 spiro atoms. The van der Waals surface area contributed by atoms with Crippen molar-refractivity contribution in [3.8, 4) is 5.75 Å². The lowest BCUT2D eigenvalue weighted by Gasteiger charge is -2.05. The van der Waals surface area contributed by atoms with Gasteiger partial charge in [-0.25, -0.2) is 5.10 Å². The molecule has 0 amide bonds. The summed E-state index contributed by atoms with van der Waals surface area (Å²) in [6.07, 6.45) is 0.655. The SMILES string of the molecule is CCc1oc2ccccc2c1C(=O)c1ccc(OCc2nnn[nH]2)cc1. The molecule has 0 unspecified atom stereocenters. The van der Waals surface area contributed by atoms with Gasteiger partial charge in [0.25, 0.3) is 0 Å².